The molecular weight excluding hydrogens is 356 g/mol. The molecule has 1 unspecified atom stereocenters. The molecular formula is C20H23F2NO4. The highest BCUT2D eigenvalue weighted by atomic mass is 19.3. The zero-order valence-corrected chi connectivity index (χ0v) is 15.5. The number of carbonyl (C=O) groups is 1. The van der Waals surface area contributed by atoms with E-state index in [4.69, 9.17) is 9.47 Å². The molecule has 5 nitrogen and oxygen atoms in total. The van der Waals surface area contributed by atoms with Crippen LogP contribution >= 0.6 is 0 Å². The van der Waals surface area contributed by atoms with E-state index in [0.717, 1.165) is 0 Å². The molecule has 2 aromatic rings. The SMILES string of the molecule is CCOc1ccc(C(=O)NC(C)c2cccc(OC(F)F)c2)cc1OCC. The molecule has 1 atom stereocenters. The molecule has 0 spiro atoms. The second-order valence-corrected chi connectivity index (χ2v) is 5.67. The van der Waals surface area contributed by atoms with E-state index in [1.807, 2.05) is 13.8 Å². The lowest BCUT2D eigenvalue weighted by Crippen LogP contribution is -2.26. The standard InChI is InChI=1S/C20H23F2NO4/c1-4-25-17-10-9-15(12-18(17)26-5-2)19(24)23-13(3)14-7-6-8-16(11-14)27-20(21)22/h6-13,20H,4-5H2,1-3H3,(H,23,24). The number of alkyl halides is 2. The maximum absolute atomic E-state index is 12.6. The van der Waals surface area contributed by atoms with Crippen LogP contribution in [0.2, 0.25) is 0 Å². The Morgan fingerprint density at radius 1 is 1.04 bits per heavy atom. The molecule has 146 valence electrons. The minimum Gasteiger partial charge on any atom is -0.490 e. The number of nitrogens with one attached hydrogen (secondary N) is 1. The van der Waals surface area contributed by atoms with Gasteiger partial charge in [0.25, 0.3) is 5.91 Å². The summed E-state index contributed by atoms with van der Waals surface area (Å²) in [6, 6.07) is 10.8. The average molecular weight is 379 g/mol. The van der Waals surface area contributed by atoms with Gasteiger partial charge in [0, 0.05) is 5.56 Å². The van der Waals surface area contributed by atoms with Crippen LogP contribution in [0.3, 0.4) is 0 Å². The molecule has 0 aliphatic heterocycles. The van der Waals surface area contributed by atoms with Crippen molar-refractivity contribution in [2.45, 2.75) is 33.4 Å². The fourth-order valence-corrected chi connectivity index (χ4v) is 2.52. The van der Waals surface area contributed by atoms with Crippen LogP contribution in [0.4, 0.5) is 8.78 Å². The van der Waals surface area contributed by atoms with Gasteiger partial charge in [0.1, 0.15) is 5.75 Å². The van der Waals surface area contributed by atoms with Crippen LogP contribution < -0.4 is 19.5 Å². The zero-order chi connectivity index (χ0) is 19.8. The quantitative estimate of drug-likeness (QED) is 0.693. The molecule has 0 saturated carbocycles. The van der Waals surface area contributed by atoms with Crippen LogP contribution in [0.25, 0.3) is 0 Å². The molecule has 1 N–H and O–H groups in total. The van der Waals surface area contributed by atoms with Crippen LogP contribution in [-0.4, -0.2) is 25.7 Å². The lowest BCUT2D eigenvalue weighted by atomic mass is 10.1. The van der Waals surface area contributed by atoms with E-state index in [1.165, 1.54) is 12.1 Å². The number of halogens is 2. The summed E-state index contributed by atoms with van der Waals surface area (Å²) < 4.78 is 40.1. The second kappa shape index (κ2) is 9.75. The van der Waals surface area contributed by atoms with E-state index in [0.29, 0.717) is 35.8 Å². The van der Waals surface area contributed by atoms with E-state index in [-0.39, 0.29) is 11.7 Å². The van der Waals surface area contributed by atoms with Crippen molar-refractivity contribution in [2.24, 2.45) is 0 Å². The zero-order valence-electron chi connectivity index (χ0n) is 15.5. The van der Waals surface area contributed by atoms with Gasteiger partial charge in [-0.25, -0.2) is 0 Å². The average Bonchev–Trinajstić information content (AvgIpc) is 2.63. The van der Waals surface area contributed by atoms with Crippen LogP contribution in [0.15, 0.2) is 42.5 Å². The lowest BCUT2D eigenvalue weighted by molar-refractivity contribution is -0.0499. The molecule has 0 heterocycles. The third kappa shape index (κ3) is 5.84. The van der Waals surface area contributed by atoms with E-state index in [2.05, 4.69) is 10.1 Å². The topological polar surface area (TPSA) is 56.8 Å². The van der Waals surface area contributed by atoms with Crippen molar-refractivity contribution in [1.29, 1.82) is 0 Å². The van der Waals surface area contributed by atoms with Crippen LogP contribution in [0.5, 0.6) is 17.2 Å². The predicted molar refractivity (Wildman–Crippen MR) is 97.7 cm³/mol. The number of ether oxygens (including phenoxy) is 3. The Hall–Kier alpha value is -2.83. The summed E-state index contributed by atoms with van der Waals surface area (Å²) in [5.74, 6) is 0.794. The highest BCUT2D eigenvalue weighted by Gasteiger charge is 2.15. The van der Waals surface area contributed by atoms with Crippen LogP contribution in [-0.2, 0) is 0 Å². The van der Waals surface area contributed by atoms with Crippen LogP contribution in [0, 0.1) is 0 Å². The highest BCUT2D eigenvalue weighted by Crippen LogP contribution is 2.29. The number of hydrogen-bond acceptors (Lipinski definition) is 4. The molecule has 7 heteroatoms. The molecule has 0 bridgehead atoms. The lowest BCUT2D eigenvalue weighted by Gasteiger charge is -2.17. The summed E-state index contributed by atoms with van der Waals surface area (Å²) in [5.41, 5.74) is 1.06. The molecule has 1 amide bonds. The van der Waals surface area contributed by atoms with Gasteiger partial charge in [-0.15, -0.1) is 0 Å². The van der Waals surface area contributed by atoms with Gasteiger partial charge < -0.3 is 19.5 Å². The number of carbonyl (C=O) groups excluding carboxylic acids is 1. The number of benzene rings is 2. The third-order valence-corrected chi connectivity index (χ3v) is 3.74. The van der Waals surface area contributed by atoms with Gasteiger partial charge in [-0.1, -0.05) is 12.1 Å². The smallest absolute Gasteiger partial charge is 0.387 e. The Bertz CT molecular complexity index is 767. The van der Waals surface area contributed by atoms with Crippen molar-refractivity contribution in [2.75, 3.05) is 13.2 Å². The molecule has 2 rings (SSSR count). The molecule has 0 aliphatic rings. The van der Waals surface area contributed by atoms with Crippen LogP contribution in [0.1, 0.15) is 42.7 Å². The molecule has 0 aromatic heterocycles. The first-order chi connectivity index (χ1) is 12.9. The van der Waals surface area contributed by atoms with Crippen molar-refractivity contribution in [3.05, 3.63) is 53.6 Å². The minimum atomic E-state index is -2.90. The normalized spacial score (nSPS) is 11.8. The fraction of sp³-hybridized carbons (Fsp3) is 0.350. The van der Waals surface area contributed by atoms with Crippen molar-refractivity contribution < 1.29 is 27.8 Å². The van der Waals surface area contributed by atoms with E-state index in [9.17, 15) is 13.6 Å². The van der Waals surface area contributed by atoms with Gasteiger partial charge in [0.2, 0.25) is 0 Å². The first-order valence-electron chi connectivity index (χ1n) is 8.69. The summed E-state index contributed by atoms with van der Waals surface area (Å²) in [5, 5.41) is 2.84. The largest absolute Gasteiger partial charge is 0.490 e. The first-order valence-corrected chi connectivity index (χ1v) is 8.69. The Balaban J connectivity index is 2.13. The van der Waals surface area contributed by atoms with Gasteiger partial charge >= 0.3 is 6.61 Å². The number of amides is 1. The summed E-state index contributed by atoms with van der Waals surface area (Å²) in [7, 11) is 0. The summed E-state index contributed by atoms with van der Waals surface area (Å²) in [6.07, 6.45) is 0. The first kappa shape index (κ1) is 20.5. The molecule has 27 heavy (non-hydrogen) atoms. The highest BCUT2D eigenvalue weighted by molar-refractivity contribution is 5.95. The molecule has 2 aromatic carbocycles. The van der Waals surface area contributed by atoms with E-state index in [1.54, 1.807) is 37.3 Å². The van der Waals surface area contributed by atoms with Crippen molar-refractivity contribution in [3.63, 3.8) is 0 Å². The fourth-order valence-electron chi connectivity index (χ4n) is 2.52. The minimum absolute atomic E-state index is 0.0447. The Morgan fingerprint density at radius 3 is 2.41 bits per heavy atom. The second-order valence-electron chi connectivity index (χ2n) is 5.67. The van der Waals surface area contributed by atoms with Gasteiger partial charge in [-0.2, -0.15) is 8.78 Å². The molecule has 0 radical (unpaired) electrons. The third-order valence-electron chi connectivity index (χ3n) is 3.74. The Morgan fingerprint density at radius 2 is 1.74 bits per heavy atom. The van der Waals surface area contributed by atoms with Gasteiger partial charge in [0.15, 0.2) is 11.5 Å². The van der Waals surface area contributed by atoms with Crippen molar-refractivity contribution in [3.8, 4) is 17.2 Å². The van der Waals surface area contributed by atoms with E-state index >= 15 is 0 Å². The van der Waals surface area contributed by atoms with E-state index < -0.39 is 12.7 Å². The summed E-state index contributed by atoms with van der Waals surface area (Å²) >= 11 is 0. The molecule has 0 saturated heterocycles. The monoisotopic (exact) mass is 379 g/mol. The van der Waals surface area contributed by atoms with Gasteiger partial charge in [0.05, 0.1) is 19.3 Å². The van der Waals surface area contributed by atoms with Gasteiger partial charge in [-0.05, 0) is 56.7 Å². The maximum Gasteiger partial charge on any atom is 0.387 e. The Kier molecular flexibility index (Phi) is 7.40. The van der Waals surface area contributed by atoms with Crippen molar-refractivity contribution >= 4 is 5.91 Å². The summed E-state index contributed by atoms with van der Waals surface area (Å²) in [4.78, 5) is 12.6. The Labute approximate surface area is 157 Å². The molecule has 0 aliphatic carbocycles. The van der Waals surface area contributed by atoms with Gasteiger partial charge in [-0.3, -0.25) is 4.79 Å². The summed E-state index contributed by atoms with van der Waals surface area (Å²) in [6.45, 7) is 3.50. The molecule has 0 fully saturated rings. The maximum atomic E-state index is 12.6. The predicted octanol–water partition coefficient (Wildman–Crippen LogP) is 4.58. The number of rotatable bonds is 9. The van der Waals surface area contributed by atoms with Crippen molar-refractivity contribution in [1.82, 2.24) is 5.32 Å². The number of hydrogen-bond donors (Lipinski definition) is 1.